The summed E-state index contributed by atoms with van der Waals surface area (Å²) >= 11 is 3.04. The van der Waals surface area contributed by atoms with Crippen LogP contribution in [0.4, 0.5) is 13.2 Å². The molecule has 1 aromatic rings. The molecule has 3 nitrogen and oxygen atoms in total. The number of halogens is 4. The van der Waals surface area contributed by atoms with Crippen LogP contribution in [0.15, 0.2) is 27.8 Å². The molecule has 0 heterocycles. The second kappa shape index (κ2) is 6.34. The molecular formula is C11H7BrF3N3. The van der Waals surface area contributed by atoms with E-state index in [9.17, 15) is 13.2 Å². The van der Waals surface area contributed by atoms with Gasteiger partial charge < -0.3 is 0 Å². The standard InChI is InChI=1S/C11H7BrF3N3/c12-10-7-9(11(13,14)15)5-4-8(10)3-1-2-6-17-18-16/h4-5,7H,2,6H2. The summed E-state index contributed by atoms with van der Waals surface area (Å²) in [7, 11) is 0. The summed E-state index contributed by atoms with van der Waals surface area (Å²) in [4.78, 5) is 2.56. The number of nitrogens with zero attached hydrogens (tertiary/aromatic N) is 3. The van der Waals surface area contributed by atoms with Gasteiger partial charge in [-0.05, 0) is 39.7 Å². The number of rotatable bonds is 2. The van der Waals surface area contributed by atoms with Crippen LogP contribution >= 0.6 is 15.9 Å². The maximum Gasteiger partial charge on any atom is 0.416 e. The highest BCUT2D eigenvalue weighted by Gasteiger charge is 2.30. The van der Waals surface area contributed by atoms with Gasteiger partial charge in [0.1, 0.15) is 0 Å². The molecule has 0 aliphatic heterocycles. The first-order valence-corrected chi connectivity index (χ1v) is 5.61. The lowest BCUT2D eigenvalue weighted by molar-refractivity contribution is -0.137. The molecule has 0 aliphatic rings. The van der Waals surface area contributed by atoms with E-state index < -0.39 is 11.7 Å². The Bertz CT molecular complexity index is 537. The maximum absolute atomic E-state index is 12.4. The van der Waals surface area contributed by atoms with E-state index in [0.717, 1.165) is 12.1 Å². The Morgan fingerprint density at radius 2 is 2.11 bits per heavy atom. The Kier molecular flexibility index (Phi) is 5.08. The van der Waals surface area contributed by atoms with Crippen molar-refractivity contribution < 1.29 is 13.2 Å². The fourth-order valence-corrected chi connectivity index (χ4v) is 1.58. The molecule has 0 spiro atoms. The maximum atomic E-state index is 12.4. The van der Waals surface area contributed by atoms with Crippen molar-refractivity contribution in [3.63, 3.8) is 0 Å². The van der Waals surface area contributed by atoms with E-state index in [2.05, 4.69) is 37.8 Å². The van der Waals surface area contributed by atoms with Crippen LogP contribution in [0.2, 0.25) is 0 Å². The van der Waals surface area contributed by atoms with Crippen molar-refractivity contribution in [2.45, 2.75) is 12.6 Å². The van der Waals surface area contributed by atoms with Crippen molar-refractivity contribution in [1.29, 1.82) is 0 Å². The zero-order chi connectivity index (χ0) is 13.6. The zero-order valence-corrected chi connectivity index (χ0v) is 10.6. The predicted octanol–water partition coefficient (Wildman–Crippen LogP) is 4.52. The average Bonchev–Trinajstić information content (AvgIpc) is 2.29. The van der Waals surface area contributed by atoms with Crippen LogP contribution in [-0.4, -0.2) is 6.54 Å². The summed E-state index contributed by atoms with van der Waals surface area (Å²) < 4.78 is 37.4. The molecular weight excluding hydrogens is 311 g/mol. The zero-order valence-electron chi connectivity index (χ0n) is 9.00. The lowest BCUT2D eigenvalue weighted by atomic mass is 10.1. The second-order valence-electron chi connectivity index (χ2n) is 3.20. The first-order chi connectivity index (χ1) is 8.45. The average molecular weight is 318 g/mol. The van der Waals surface area contributed by atoms with Gasteiger partial charge in [0, 0.05) is 27.9 Å². The smallest absolute Gasteiger partial charge is 0.166 e. The summed E-state index contributed by atoms with van der Waals surface area (Å²) in [6.07, 6.45) is -4.01. The van der Waals surface area contributed by atoms with Crippen molar-refractivity contribution in [1.82, 2.24) is 0 Å². The number of azide groups is 1. The summed E-state index contributed by atoms with van der Waals surface area (Å²) in [5.74, 6) is 5.41. The number of hydrogen-bond donors (Lipinski definition) is 0. The molecule has 0 fully saturated rings. The summed E-state index contributed by atoms with van der Waals surface area (Å²) in [6.45, 7) is 0.238. The Morgan fingerprint density at radius 1 is 1.39 bits per heavy atom. The predicted molar refractivity (Wildman–Crippen MR) is 64.7 cm³/mol. The van der Waals surface area contributed by atoms with E-state index in [4.69, 9.17) is 5.53 Å². The molecule has 0 N–H and O–H groups in total. The fraction of sp³-hybridized carbons (Fsp3) is 0.273. The van der Waals surface area contributed by atoms with Crippen LogP contribution in [0.1, 0.15) is 17.5 Å². The number of benzene rings is 1. The lowest BCUT2D eigenvalue weighted by Gasteiger charge is -2.07. The largest absolute Gasteiger partial charge is 0.416 e. The second-order valence-corrected chi connectivity index (χ2v) is 4.05. The van der Waals surface area contributed by atoms with Gasteiger partial charge in [-0.1, -0.05) is 17.0 Å². The third-order valence-electron chi connectivity index (χ3n) is 1.92. The molecule has 0 amide bonds. The molecule has 7 heteroatoms. The van der Waals surface area contributed by atoms with Crippen molar-refractivity contribution in [3.05, 3.63) is 44.2 Å². The van der Waals surface area contributed by atoms with Gasteiger partial charge in [0.15, 0.2) is 0 Å². The minimum atomic E-state index is -4.37. The molecule has 0 aromatic heterocycles. The van der Waals surface area contributed by atoms with Gasteiger partial charge in [-0.15, -0.1) is 0 Å². The van der Waals surface area contributed by atoms with Crippen molar-refractivity contribution in [3.8, 4) is 11.8 Å². The van der Waals surface area contributed by atoms with Crippen LogP contribution in [0.25, 0.3) is 10.4 Å². The van der Waals surface area contributed by atoms with Crippen molar-refractivity contribution >= 4 is 15.9 Å². The Balaban J connectivity index is 2.83. The van der Waals surface area contributed by atoms with E-state index in [-0.39, 0.29) is 11.0 Å². The van der Waals surface area contributed by atoms with Gasteiger partial charge in [-0.2, -0.15) is 13.2 Å². The molecule has 18 heavy (non-hydrogen) atoms. The minimum Gasteiger partial charge on any atom is -0.166 e. The van der Waals surface area contributed by atoms with E-state index in [1.165, 1.54) is 6.07 Å². The normalized spacial score (nSPS) is 10.2. The first-order valence-electron chi connectivity index (χ1n) is 4.81. The Hall–Kier alpha value is -1.64. The summed E-state index contributed by atoms with van der Waals surface area (Å²) in [5, 5.41) is 3.29. The molecule has 1 rings (SSSR count). The molecule has 0 saturated carbocycles. The van der Waals surface area contributed by atoms with Gasteiger partial charge in [0.05, 0.1) is 5.56 Å². The molecule has 0 saturated heterocycles. The molecule has 0 aliphatic carbocycles. The van der Waals surface area contributed by atoms with E-state index in [1.54, 1.807) is 0 Å². The van der Waals surface area contributed by atoms with Gasteiger partial charge in [-0.25, -0.2) is 0 Å². The molecule has 0 radical (unpaired) electrons. The third-order valence-corrected chi connectivity index (χ3v) is 2.58. The van der Waals surface area contributed by atoms with Crippen LogP contribution in [0, 0.1) is 11.8 Å². The Morgan fingerprint density at radius 3 is 2.67 bits per heavy atom. The van der Waals surface area contributed by atoms with Gasteiger partial charge in [-0.3, -0.25) is 0 Å². The molecule has 0 atom stereocenters. The van der Waals surface area contributed by atoms with Crippen LogP contribution in [-0.2, 0) is 6.18 Å². The molecule has 94 valence electrons. The summed E-state index contributed by atoms with van der Waals surface area (Å²) in [6, 6.07) is 3.26. The van der Waals surface area contributed by atoms with E-state index in [0.29, 0.717) is 12.0 Å². The Labute approximate surface area is 110 Å². The van der Waals surface area contributed by atoms with Crippen molar-refractivity contribution in [2.75, 3.05) is 6.54 Å². The highest BCUT2D eigenvalue weighted by Crippen LogP contribution is 2.31. The quantitative estimate of drug-likeness (QED) is 0.253. The van der Waals surface area contributed by atoms with Crippen LogP contribution in [0.5, 0.6) is 0 Å². The van der Waals surface area contributed by atoms with Gasteiger partial charge in [0.25, 0.3) is 0 Å². The van der Waals surface area contributed by atoms with Crippen LogP contribution in [0.3, 0.4) is 0 Å². The molecule has 0 bridgehead atoms. The highest BCUT2D eigenvalue weighted by atomic mass is 79.9. The SMILES string of the molecule is [N-]=[N+]=NCCC#Cc1ccc(C(F)(F)F)cc1Br. The molecule has 1 aromatic carbocycles. The molecule has 0 unspecified atom stereocenters. The first kappa shape index (κ1) is 14.4. The highest BCUT2D eigenvalue weighted by molar-refractivity contribution is 9.10. The van der Waals surface area contributed by atoms with Crippen molar-refractivity contribution in [2.24, 2.45) is 5.11 Å². The van der Waals surface area contributed by atoms with Crippen LogP contribution < -0.4 is 0 Å². The minimum absolute atomic E-state index is 0.238. The van der Waals surface area contributed by atoms with Gasteiger partial charge >= 0.3 is 6.18 Å². The van der Waals surface area contributed by atoms with E-state index >= 15 is 0 Å². The fourth-order valence-electron chi connectivity index (χ4n) is 1.10. The summed E-state index contributed by atoms with van der Waals surface area (Å²) in [5.41, 5.74) is 7.76. The topological polar surface area (TPSA) is 48.8 Å². The number of hydrogen-bond acceptors (Lipinski definition) is 1. The monoisotopic (exact) mass is 317 g/mol. The third kappa shape index (κ3) is 4.32. The van der Waals surface area contributed by atoms with Gasteiger partial charge in [0.2, 0.25) is 0 Å². The van der Waals surface area contributed by atoms with E-state index in [1.807, 2.05) is 0 Å². The lowest BCUT2D eigenvalue weighted by Crippen LogP contribution is -2.04. The number of alkyl halides is 3.